The number of hydrogen-bond acceptors (Lipinski definition) is 0. The molecule has 9 heteroatoms. The molecule has 0 amide bonds. The summed E-state index contributed by atoms with van der Waals surface area (Å²) in [6.45, 7) is 12.4. The number of hydrogen-bond donors (Lipinski definition) is 0. The van der Waals surface area contributed by atoms with Gasteiger partial charge in [-0.05, 0) is 97.1 Å². The molecule has 2 nitrogen and oxygen atoms in total. The molecule has 0 radical (unpaired) electrons. The molecule has 0 aliphatic heterocycles. The fraction of sp³-hybridized carbons (Fsp3) is 0.391. The van der Waals surface area contributed by atoms with E-state index in [2.05, 4.69) is 64.1 Å². The fourth-order valence-corrected chi connectivity index (χ4v) is 6.68. The smallest absolute Gasteiger partial charge is 0.369 e. The van der Waals surface area contributed by atoms with Crippen molar-refractivity contribution in [3.8, 4) is 11.4 Å². The van der Waals surface area contributed by atoms with E-state index in [-0.39, 0.29) is 43.1 Å². The molecule has 0 saturated heterocycles. The zero-order chi connectivity index (χ0) is 39.6. The number of halogens is 6. The van der Waals surface area contributed by atoms with Crippen molar-refractivity contribution in [3.05, 3.63) is 153 Å². The summed E-state index contributed by atoms with van der Waals surface area (Å²) >= 11 is 11.6. The summed E-state index contributed by atoms with van der Waals surface area (Å²) in [7, 11) is 0. The predicted molar refractivity (Wildman–Crippen MR) is 217 cm³/mol. The van der Waals surface area contributed by atoms with E-state index >= 15 is 0 Å². The molecular formula is C46H52Cl2F4N2Ti. The zero-order valence-corrected chi connectivity index (χ0v) is 35.9. The van der Waals surface area contributed by atoms with Crippen molar-refractivity contribution in [2.24, 2.45) is 0 Å². The van der Waals surface area contributed by atoms with Crippen LogP contribution in [0.2, 0.25) is 10.0 Å². The molecule has 6 rings (SSSR count). The maximum atomic E-state index is 14.2. The molecule has 2 aliphatic rings. The van der Waals surface area contributed by atoms with Gasteiger partial charge in [-0.25, -0.2) is 41.9 Å². The summed E-state index contributed by atoms with van der Waals surface area (Å²) in [5.74, 6) is -2.45. The van der Waals surface area contributed by atoms with Crippen LogP contribution in [0, 0.1) is 61.4 Å². The average molecular weight is 828 g/mol. The Morgan fingerprint density at radius 2 is 1.00 bits per heavy atom. The third-order valence-corrected chi connectivity index (χ3v) is 9.89. The van der Waals surface area contributed by atoms with Crippen LogP contribution in [0.1, 0.15) is 127 Å². The monoisotopic (exact) mass is 826 g/mol. The van der Waals surface area contributed by atoms with Crippen molar-refractivity contribution in [2.75, 3.05) is 0 Å². The molecule has 2 unspecified atom stereocenters. The van der Waals surface area contributed by atoms with E-state index in [0.717, 1.165) is 87.0 Å². The predicted octanol–water partition coefficient (Wildman–Crippen LogP) is 15.0. The van der Waals surface area contributed by atoms with Gasteiger partial charge in [0, 0.05) is 46.0 Å². The molecule has 2 aliphatic carbocycles. The number of nitrogens with zero attached hydrogens (tertiary/aromatic N) is 2. The molecule has 0 N–H and O–H groups in total. The van der Waals surface area contributed by atoms with Gasteiger partial charge in [0.15, 0.2) is 0 Å². The van der Waals surface area contributed by atoms with Crippen molar-refractivity contribution >= 4 is 23.2 Å². The second-order valence-electron chi connectivity index (χ2n) is 13.2. The van der Waals surface area contributed by atoms with Gasteiger partial charge in [-0.2, -0.15) is 35.4 Å². The number of unbranched alkanes of at least 4 members (excludes halogenated alkanes) is 2. The van der Waals surface area contributed by atoms with Crippen LogP contribution in [0.5, 0.6) is 0 Å². The van der Waals surface area contributed by atoms with Crippen LogP contribution in [0.15, 0.2) is 72.9 Å². The summed E-state index contributed by atoms with van der Waals surface area (Å²) in [5, 5.41) is -0.228. The number of aryl methyl sites for hydroxylation is 2. The molecule has 0 bridgehead atoms. The van der Waals surface area contributed by atoms with Crippen LogP contribution in [-0.4, -0.2) is 9.13 Å². The SMILES string of the molecule is CCCCC(CC)c1ccc(C)n1-c1cc(Cl)c(F)[c-]c1F.CCCCC(CC)c1ccc(C)n1-c1cc(Cl)c(F)[c-]c1F.[C-]1=CC=CC1.[C-]1=CC=CC1.[Ti+4]. The Kier molecular flexibility index (Phi) is 22.1. The van der Waals surface area contributed by atoms with Crippen LogP contribution in [0.25, 0.3) is 11.4 Å². The van der Waals surface area contributed by atoms with E-state index in [1.807, 2.05) is 71.6 Å². The number of rotatable bonds is 12. The van der Waals surface area contributed by atoms with Crippen molar-refractivity contribution in [3.63, 3.8) is 0 Å². The third kappa shape index (κ3) is 14.1. The van der Waals surface area contributed by atoms with Gasteiger partial charge >= 0.3 is 21.7 Å². The maximum Gasteiger partial charge on any atom is 4.00 e. The van der Waals surface area contributed by atoms with Gasteiger partial charge in [-0.1, -0.05) is 53.4 Å². The van der Waals surface area contributed by atoms with E-state index < -0.39 is 23.3 Å². The molecule has 0 fully saturated rings. The fourth-order valence-electron chi connectivity index (χ4n) is 6.38. The van der Waals surface area contributed by atoms with Gasteiger partial charge in [0.25, 0.3) is 0 Å². The minimum Gasteiger partial charge on any atom is -0.369 e. The molecule has 292 valence electrons. The largest absolute Gasteiger partial charge is 4.00 e. The molecule has 4 aromatic rings. The first kappa shape index (κ1) is 48.1. The number of aromatic nitrogens is 2. The second-order valence-corrected chi connectivity index (χ2v) is 14.0. The van der Waals surface area contributed by atoms with Gasteiger partial charge in [0.05, 0.1) is 0 Å². The molecule has 2 aromatic heterocycles. The molecule has 0 saturated carbocycles. The molecule has 2 heterocycles. The van der Waals surface area contributed by atoms with Gasteiger partial charge in [-0.15, -0.1) is 37.1 Å². The van der Waals surface area contributed by atoms with Crippen molar-refractivity contribution < 1.29 is 39.3 Å². The number of allylic oxidation sites excluding steroid dienone is 8. The van der Waals surface area contributed by atoms with Gasteiger partial charge in [0.1, 0.15) is 0 Å². The Bertz CT molecular complexity index is 1730. The maximum absolute atomic E-state index is 14.2. The average Bonchev–Trinajstić information content (AvgIpc) is 4.01. The van der Waals surface area contributed by atoms with Crippen LogP contribution in [0.4, 0.5) is 17.6 Å². The van der Waals surface area contributed by atoms with Gasteiger partial charge < -0.3 is 9.13 Å². The Labute approximate surface area is 351 Å². The Balaban J connectivity index is 0.000000298. The van der Waals surface area contributed by atoms with Crippen molar-refractivity contribution in [1.82, 2.24) is 9.13 Å². The van der Waals surface area contributed by atoms with E-state index in [4.69, 9.17) is 23.2 Å². The Morgan fingerprint density at radius 3 is 1.27 bits per heavy atom. The summed E-state index contributed by atoms with van der Waals surface area (Å²) in [4.78, 5) is 0. The minimum absolute atomic E-state index is 0. The second kappa shape index (κ2) is 25.3. The van der Waals surface area contributed by atoms with Gasteiger partial charge in [-0.3, -0.25) is 12.2 Å². The number of benzene rings is 2. The Morgan fingerprint density at radius 1 is 0.618 bits per heavy atom. The molecule has 2 atom stereocenters. The molecule has 0 spiro atoms. The quantitative estimate of drug-likeness (QED) is 0.0583. The topological polar surface area (TPSA) is 9.86 Å². The van der Waals surface area contributed by atoms with E-state index in [9.17, 15) is 17.6 Å². The molecular weight excluding hydrogens is 775 g/mol. The van der Waals surface area contributed by atoms with Gasteiger partial charge in [0.2, 0.25) is 0 Å². The van der Waals surface area contributed by atoms with Crippen LogP contribution in [-0.2, 0) is 21.7 Å². The molecule has 55 heavy (non-hydrogen) atoms. The molecule has 2 aromatic carbocycles. The first-order chi connectivity index (χ1) is 26.0. The summed E-state index contributed by atoms with van der Waals surface area (Å²) < 4.78 is 58.8. The van der Waals surface area contributed by atoms with Crippen LogP contribution >= 0.6 is 23.2 Å². The van der Waals surface area contributed by atoms with E-state index in [1.165, 1.54) is 12.1 Å². The minimum atomic E-state index is -0.854. The van der Waals surface area contributed by atoms with Crippen LogP contribution < -0.4 is 0 Å². The van der Waals surface area contributed by atoms with E-state index in [1.54, 1.807) is 0 Å². The van der Waals surface area contributed by atoms with E-state index in [0.29, 0.717) is 11.8 Å². The van der Waals surface area contributed by atoms with Crippen LogP contribution in [0.3, 0.4) is 0 Å². The summed E-state index contributed by atoms with van der Waals surface area (Å²) in [6.07, 6.45) is 28.6. The third-order valence-electron chi connectivity index (χ3n) is 9.34. The summed E-state index contributed by atoms with van der Waals surface area (Å²) in [6, 6.07) is 14.8. The van der Waals surface area contributed by atoms with Crippen molar-refractivity contribution in [1.29, 1.82) is 0 Å². The first-order valence-corrected chi connectivity index (χ1v) is 19.7. The standard InChI is InChI=1S/2C18H21ClF2N.2C5H5.Ti/c2*1-4-6-7-13(5-2)17-9-8-12(3)22(17)18-10-14(19)15(20)11-16(18)21;2*1-2-4-5-3-1;/h2*8-10,13H,4-7H2,1-3H3;2*1-3H,4H2;/q4*-1;+4. The zero-order valence-electron chi connectivity index (χ0n) is 32.8. The summed E-state index contributed by atoms with van der Waals surface area (Å²) in [5.41, 5.74) is 4.42. The normalized spacial score (nSPS) is 13.3. The first-order valence-electron chi connectivity index (χ1n) is 18.9. The Hall–Kier alpha value is -3.03. The van der Waals surface area contributed by atoms with Crippen molar-refractivity contribution in [2.45, 2.75) is 118 Å².